The zero-order valence-corrected chi connectivity index (χ0v) is 16.2. The van der Waals surface area contributed by atoms with Crippen molar-refractivity contribution in [3.63, 3.8) is 0 Å². The molecule has 3 aromatic heterocycles. The zero-order valence-electron chi connectivity index (χ0n) is 16.2. The molecular formula is C23H21N3O3. The molecule has 4 aromatic rings. The summed E-state index contributed by atoms with van der Waals surface area (Å²) in [5.74, 6) is 3.01. The summed E-state index contributed by atoms with van der Waals surface area (Å²) in [7, 11) is 0. The Balaban J connectivity index is 1.70. The van der Waals surface area contributed by atoms with Gasteiger partial charge in [0.2, 0.25) is 0 Å². The third-order valence-corrected chi connectivity index (χ3v) is 4.14. The maximum atomic E-state index is 6.10. The lowest BCUT2D eigenvalue weighted by molar-refractivity contribution is 0.243. The van der Waals surface area contributed by atoms with Gasteiger partial charge in [0.1, 0.15) is 23.0 Å². The quantitative estimate of drug-likeness (QED) is 0.352. The van der Waals surface area contributed by atoms with E-state index in [2.05, 4.69) is 9.98 Å². The van der Waals surface area contributed by atoms with Crippen LogP contribution < -0.4 is 10.5 Å². The van der Waals surface area contributed by atoms with E-state index in [9.17, 15) is 0 Å². The van der Waals surface area contributed by atoms with Gasteiger partial charge < -0.3 is 19.3 Å². The lowest BCUT2D eigenvalue weighted by Gasteiger charge is -2.14. The molecule has 6 heteroatoms. The van der Waals surface area contributed by atoms with Gasteiger partial charge in [0.15, 0.2) is 11.5 Å². The highest BCUT2D eigenvalue weighted by molar-refractivity contribution is 5.97. The highest BCUT2D eigenvalue weighted by Crippen LogP contribution is 2.37. The molecule has 0 fully saturated rings. The van der Waals surface area contributed by atoms with Crippen LogP contribution in [-0.2, 0) is 0 Å². The number of aromatic nitrogens is 1. The molecule has 0 saturated heterocycles. The number of rotatable bonds is 6. The van der Waals surface area contributed by atoms with E-state index in [-0.39, 0.29) is 6.10 Å². The van der Waals surface area contributed by atoms with Crippen LogP contribution in [0.5, 0.6) is 5.75 Å². The van der Waals surface area contributed by atoms with E-state index in [1.165, 1.54) is 0 Å². The van der Waals surface area contributed by atoms with E-state index in [1.54, 1.807) is 12.5 Å². The van der Waals surface area contributed by atoms with Gasteiger partial charge in [-0.2, -0.15) is 0 Å². The van der Waals surface area contributed by atoms with Crippen molar-refractivity contribution in [3.05, 3.63) is 78.8 Å². The number of ether oxygens (including phenoxy) is 1. The van der Waals surface area contributed by atoms with E-state index >= 15 is 0 Å². The molecule has 0 radical (unpaired) electrons. The number of benzene rings is 1. The first-order valence-corrected chi connectivity index (χ1v) is 9.30. The number of aliphatic imine (C=N–C) groups is 1. The molecule has 0 spiro atoms. The minimum Gasteiger partial charge on any atom is -0.490 e. The van der Waals surface area contributed by atoms with Crippen LogP contribution in [0.3, 0.4) is 0 Å². The van der Waals surface area contributed by atoms with Gasteiger partial charge in [-0.05, 0) is 62.4 Å². The molecule has 146 valence electrons. The molecule has 0 saturated carbocycles. The highest BCUT2D eigenvalue weighted by Gasteiger charge is 2.15. The summed E-state index contributed by atoms with van der Waals surface area (Å²) in [6, 6.07) is 18.6. The fourth-order valence-corrected chi connectivity index (χ4v) is 2.88. The zero-order chi connectivity index (χ0) is 20.2. The van der Waals surface area contributed by atoms with Crippen LogP contribution in [0.25, 0.3) is 22.8 Å². The molecule has 0 aliphatic rings. The van der Waals surface area contributed by atoms with E-state index in [0.29, 0.717) is 40.2 Å². The SMILES string of the molecule is CC(C)Oc1cc(N=C(N)c2ccccn2)ccc1-c1ccc(-c2ccco2)o1. The van der Waals surface area contributed by atoms with E-state index < -0.39 is 0 Å². The fraction of sp³-hybridized carbons (Fsp3) is 0.130. The van der Waals surface area contributed by atoms with Gasteiger partial charge in [-0.25, -0.2) is 4.99 Å². The number of furan rings is 2. The summed E-state index contributed by atoms with van der Waals surface area (Å²) in [6.45, 7) is 3.94. The predicted molar refractivity (Wildman–Crippen MR) is 112 cm³/mol. The van der Waals surface area contributed by atoms with Crippen molar-refractivity contribution in [3.8, 4) is 28.6 Å². The first kappa shape index (κ1) is 18.6. The van der Waals surface area contributed by atoms with E-state index in [4.69, 9.17) is 19.3 Å². The molecule has 3 heterocycles. The van der Waals surface area contributed by atoms with Crippen LogP contribution in [0.15, 0.2) is 87.0 Å². The summed E-state index contributed by atoms with van der Waals surface area (Å²) >= 11 is 0. The lowest BCUT2D eigenvalue weighted by atomic mass is 10.1. The van der Waals surface area contributed by atoms with Crippen molar-refractivity contribution in [2.75, 3.05) is 0 Å². The topological polar surface area (TPSA) is 86.8 Å². The van der Waals surface area contributed by atoms with Gasteiger partial charge >= 0.3 is 0 Å². The second kappa shape index (κ2) is 8.06. The minimum absolute atomic E-state index is 0.0133. The maximum Gasteiger partial charge on any atom is 0.170 e. The third-order valence-electron chi connectivity index (χ3n) is 4.14. The van der Waals surface area contributed by atoms with Crippen LogP contribution in [0.4, 0.5) is 5.69 Å². The van der Waals surface area contributed by atoms with Gasteiger partial charge in [0.05, 0.1) is 23.6 Å². The molecule has 4 rings (SSSR count). The Kier molecular flexibility index (Phi) is 5.16. The maximum absolute atomic E-state index is 6.10. The molecule has 0 bridgehead atoms. The number of nitrogens with two attached hydrogens (primary N) is 1. The molecule has 0 unspecified atom stereocenters. The van der Waals surface area contributed by atoms with E-state index in [0.717, 1.165) is 5.56 Å². The largest absolute Gasteiger partial charge is 0.490 e. The molecule has 0 aliphatic carbocycles. The molecule has 2 N–H and O–H groups in total. The van der Waals surface area contributed by atoms with Gasteiger partial charge in [-0.1, -0.05) is 6.07 Å². The summed E-state index contributed by atoms with van der Waals surface area (Å²) in [5, 5.41) is 0. The Bertz CT molecular complexity index is 1110. The van der Waals surface area contributed by atoms with Crippen LogP contribution in [0.2, 0.25) is 0 Å². The Morgan fingerprint density at radius 1 is 1.00 bits per heavy atom. The Labute approximate surface area is 168 Å². The van der Waals surface area contributed by atoms with E-state index in [1.807, 2.05) is 74.5 Å². The van der Waals surface area contributed by atoms with Crippen molar-refractivity contribution in [2.24, 2.45) is 10.7 Å². The number of hydrogen-bond donors (Lipinski definition) is 1. The fourth-order valence-electron chi connectivity index (χ4n) is 2.88. The monoisotopic (exact) mass is 387 g/mol. The van der Waals surface area contributed by atoms with Gasteiger partial charge in [0.25, 0.3) is 0 Å². The number of nitrogens with zero attached hydrogens (tertiary/aromatic N) is 2. The van der Waals surface area contributed by atoms with Crippen molar-refractivity contribution in [2.45, 2.75) is 20.0 Å². The van der Waals surface area contributed by atoms with Crippen molar-refractivity contribution < 1.29 is 13.6 Å². The third kappa shape index (κ3) is 4.21. The normalized spacial score (nSPS) is 11.8. The van der Waals surface area contributed by atoms with Gasteiger partial charge in [0, 0.05) is 12.3 Å². The molecule has 0 amide bonds. The smallest absolute Gasteiger partial charge is 0.170 e. The summed E-state index contributed by atoms with van der Waals surface area (Å²) in [6.07, 6.45) is 3.28. The minimum atomic E-state index is -0.0133. The average Bonchev–Trinajstić information content (AvgIpc) is 3.40. The standard InChI is InChI=1S/C23H21N3O3/c1-15(2)28-22-14-16(26-23(24)18-6-3-4-12-25-18)8-9-17(22)19-10-11-21(29-19)20-7-5-13-27-20/h3-15H,1-2H3,(H2,24,26). The number of amidine groups is 1. The average molecular weight is 387 g/mol. The molecule has 0 atom stereocenters. The van der Waals surface area contributed by atoms with Crippen molar-refractivity contribution in [1.29, 1.82) is 0 Å². The molecular weight excluding hydrogens is 366 g/mol. The second-order valence-electron chi connectivity index (χ2n) is 6.70. The first-order chi connectivity index (χ1) is 14.1. The summed E-state index contributed by atoms with van der Waals surface area (Å²) < 4.78 is 17.4. The molecule has 6 nitrogen and oxygen atoms in total. The van der Waals surface area contributed by atoms with Crippen LogP contribution in [0.1, 0.15) is 19.5 Å². The molecule has 29 heavy (non-hydrogen) atoms. The van der Waals surface area contributed by atoms with Gasteiger partial charge in [-0.15, -0.1) is 0 Å². The Morgan fingerprint density at radius 3 is 2.59 bits per heavy atom. The Morgan fingerprint density at radius 2 is 1.86 bits per heavy atom. The Hall–Kier alpha value is -3.80. The molecule has 1 aromatic carbocycles. The second-order valence-corrected chi connectivity index (χ2v) is 6.70. The van der Waals surface area contributed by atoms with Crippen molar-refractivity contribution >= 4 is 11.5 Å². The summed E-state index contributed by atoms with van der Waals surface area (Å²) in [4.78, 5) is 8.71. The van der Waals surface area contributed by atoms with Crippen molar-refractivity contribution in [1.82, 2.24) is 4.98 Å². The first-order valence-electron chi connectivity index (χ1n) is 9.30. The molecule has 0 aliphatic heterocycles. The van der Waals surface area contributed by atoms with Crippen LogP contribution >= 0.6 is 0 Å². The lowest BCUT2D eigenvalue weighted by Crippen LogP contribution is -2.14. The van der Waals surface area contributed by atoms with Crippen LogP contribution in [-0.4, -0.2) is 16.9 Å². The number of pyridine rings is 1. The predicted octanol–water partition coefficient (Wildman–Crippen LogP) is 5.43. The summed E-state index contributed by atoms with van der Waals surface area (Å²) in [5.41, 5.74) is 8.22. The van der Waals surface area contributed by atoms with Gasteiger partial charge in [-0.3, -0.25) is 4.98 Å². The van der Waals surface area contributed by atoms with Crippen LogP contribution in [0, 0.1) is 0 Å². The number of hydrogen-bond acceptors (Lipinski definition) is 5. The highest BCUT2D eigenvalue weighted by atomic mass is 16.5.